The molecule has 1 aromatic carbocycles. The van der Waals surface area contributed by atoms with Crippen LogP contribution in [0.15, 0.2) is 46.4 Å². The molecule has 0 heterocycles. The monoisotopic (exact) mass is 598 g/mol. The van der Waals surface area contributed by atoms with Gasteiger partial charge in [0.1, 0.15) is 0 Å². The van der Waals surface area contributed by atoms with Crippen LogP contribution in [0.4, 0.5) is 0 Å². The second-order valence-corrected chi connectivity index (χ2v) is 10.2. The molecule has 0 spiro atoms. The molecule has 0 N–H and O–H groups in total. The highest BCUT2D eigenvalue weighted by atomic mass is 79.9. The Kier molecular flexibility index (Phi) is 17.9. The molecule has 0 amide bonds. The Morgan fingerprint density at radius 3 is 1.29 bits per heavy atom. The van der Waals surface area contributed by atoms with E-state index in [2.05, 4.69) is 45.0 Å². The zero-order chi connectivity index (χ0) is 25.0. The quantitative estimate of drug-likeness (QED) is 0.0851. The number of carbonyl (C=O) groups is 2. The van der Waals surface area contributed by atoms with Crippen LogP contribution in [0.25, 0.3) is 0 Å². The molecule has 0 atom stereocenters. The van der Waals surface area contributed by atoms with Crippen molar-refractivity contribution in [3.63, 3.8) is 0 Å². The summed E-state index contributed by atoms with van der Waals surface area (Å²) in [6.45, 7) is 8.26. The first kappa shape index (κ1) is 30.6. The van der Waals surface area contributed by atoms with E-state index in [0.29, 0.717) is 33.3 Å². The minimum Gasteiger partial charge on any atom is -0.462 e. The summed E-state index contributed by atoms with van der Waals surface area (Å²) < 4.78 is 11.9. The lowest BCUT2D eigenvalue weighted by Gasteiger charge is -2.11. The maximum Gasteiger partial charge on any atom is 0.339 e. The van der Waals surface area contributed by atoms with Gasteiger partial charge >= 0.3 is 11.9 Å². The van der Waals surface area contributed by atoms with Gasteiger partial charge in [0.05, 0.1) is 24.3 Å². The van der Waals surface area contributed by atoms with Gasteiger partial charge in [0.15, 0.2) is 0 Å². The highest BCUT2D eigenvalue weighted by Gasteiger charge is 2.19. The fourth-order valence-corrected chi connectivity index (χ4v) is 4.55. The van der Waals surface area contributed by atoms with Gasteiger partial charge in [0.25, 0.3) is 0 Å². The van der Waals surface area contributed by atoms with Gasteiger partial charge in [-0.25, -0.2) is 9.59 Å². The van der Waals surface area contributed by atoms with Crippen LogP contribution in [0.1, 0.15) is 111 Å². The normalized spacial score (nSPS) is 10.6. The van der Waals surface area contributed by atoms with E-state index in [-0.39, 0.29) is 0 Å². The molecule has 0 aliphatic heterocycles. The lowest BCUT2D eigenvalue weighted by Crippen LogP contribution is -2.11. The maximum absolute atomic E-state index is 12.5. The van der Waals surface area contributed by atoms with E-state index >= 15 is 0 Å². The molecular weight excluding hydrogens is 560 g/mol. The lowest BCUT2D eigenvalue weighted by atomic mass is 10.1. The molecule has 190 valence electrons. The second kappa shape index (κ2) is 19.9. The Morgan fingerprint density at radius 1 is 0.618 bits per heavy atom. The number of allylic oxidation sites excluding steroid dienone is 2. The zero-order valence-electron chi connectivity index (χ0n) is 20.4. The van der Waals surface area contributed by atoms with Gasteiger partial charge in [-0.15, -0.1) is 13.2 Å². The first-order valence-corrected chi connectivity index (χ1v) is 14.1. The van der Waals surface area contributed by atoms with Crippen molar-refractivity contribution in [2.45, 2.75) is 89.9 Å². The van der Waals surface area contributed by atoms with Gasteiger partial charge in [-0.1, -0.05) is 63.5 Å². The molecule has 34 heavy (non-hydrogen) atoms. The van der Waals surface area contributed by atoms with E-state index < -0.39 is 11.9 Å². The van der Waals surface area contributed by atoms with Crippen LogP contribution in [-0.2, 0) is 9.47 Å². The van der Waals surface area contributed by atoms with Crippen molar-refractivity contribution in [2.24, 2.45) is 0 Å². The van der Waals surface area contributed by atoms with Crippen molar-refractivity contribution in [3.05, 3.63) is 57.5 Å². The van der Waals surface area contributed by atoms with Gasteiger partial charge in [0, 0.05) is 8.95 Å². The number of benzene rings is 1. The smallest absolute Gasteiger partial charge is 0.339 e. The van der Waals surface area contributed by atoms with Crippen molar-refractivity contribution >= 4 is 43.8 Å². The molecule has 4 nitrogen and oxygen atoms in total. The summed E-state index contributed by atoms with van der Waals surface area (Å²) in [5.41, 5.74) is 0.786. The number of ether oxygens (including phenoxy) is 2. The molecule has 1 aromatic rings. The Labute approximate surface area is 222 Å². The van der Waals surface area contributed by atoms with Crippen LogP contribution in [0, 0.1) is 0 Å². The van der Waals surface area contributed by atoms with Crippen molar-refractivity contribution < 1.29 is 19.1 Å². The Hall–Kier alpha value is -1.40. The number of hydrogen-bond acceptors (Lipinski definition) is 4. The predicted molar refractivity (Wildman–Crippen MR) is 147 cm³/mol. The molecule has 6 heteroatoms. The van der Waals surface area contributed by atoms with E-state index in [1.54, 1.807) is 12.1 Å². The summed E-state index contributed by atoms with van der Waals surface area (Å²) in [7, 11) is 0. The molecule has 0 fully saturated rings. The number of rotatable bonds is 20. The summed E-state index contributed by atoms with van der Waals surface area (Å²) in [6.07, 6.45) is 19.4. The van der Waals surface area contributed by atoms with Crippen LogP contribution in [0.2, 0.25) is 0 Å². The summed E-state index contributed by atoms with van der Waals surface area (Å²) in [5, 5.41) is 0. The number of unbranched alkanes of at least 4 members (excludes halogenated alkanes) is 12. The van der Waals surface area contributed by atoms with Gasteiger partial charge in [-0.3, -0.25) is 0 Å². The molecule has 0 saturated carbocycles. The van der Waals surface area contributed by atoms with E-state index in [4.69, 9.17) is 9.47 Å². The van der Waals surface area contributed by atoms with E-state index in [9.17, 15) is 9.59 Å². The van der Waals surface area contributed by atoms with Gasteiger partial charge in [-0.05, 0) is 82.5 Å². The third-order valence-electron chi connectivity index (χ3n) is 5.57. The van der Waals surface area contributed by atoms with Crippen molar-refractivity contribution in [2.75, 3.05) is 13.2 Å². The molecule has 1 rings (SSSR count). The first-order valence-electron chi connectivity index (χ1n) is 12.6. The van der Waals surface area contributed by atoms with E-state index in [1.807, 2.05) is 12.2 Å². The highest BCUT2D eigenvalue weighted by molar-refractivity contribution is 9.11. The van der Waals surface area contributed by atoms with Gasteiger partial charge in [0.2, 0.25) is 0 Å². The van der Waals surface area contributed by atoms with Crippen molar-refractivity contribution in [1.29, 1.82) is 0 Å². The molecule has 0 unspecified atom stereocenters. The molecule has 0 aromatic heterocycles. The molecule has 0 saturated heterocycles. The van der Waals surface area contributed by atoms with Crippen LogP contribution >= 0.6 is 31.9 Å². The minimum absolute atomic E-state index is 0.393. The molecular formula is C28H40Br2O4. The Morgan fingerprint density at radius 2 is 0.941 bits per heavy atom. The second-order valence-electron chi connectivity index (χ2n) is 8.48. The van der Waals surface area contributed by atoms with Crippen molar-refractivity contribution in [3.8, 4) is 0 Å². The Balaban J connectivity index is 2.33. The van der Waals surface area contributed by atoms with Gasteiger partial charge in [-0.2, -0.15) is 0 Å². The topological polar surface area (TPSA) is 52.6 Å². The molecule has 0 bridgehead atoms. The van der Waals surface area contributed by atoms with Gasteiger partial charge < -0.3 is 9.47 Å². The fraction of sp³-hybridized carbons (Fsp3) is 0.571. The molecule has 0 radical (unpaired) electrons. The highest BCUT2D eigenvalue weighted by Crippen LogP contribution is 2.27. The summed E-state index contributed by atoms with van der Waals surface area (Å²) >= 11 is 6.80. The standard InChI is InChI=1S/C28H40Br2O4/c1-3-5-7-9-11-13-15-17-19-33-27(31)23-21-26(30)24(22-25(23)29)28(32)34-20-18-16-14-12-10-8-6-4-2/h3-4,21-22H,1-2,5-20H2. The minimum atomic E-state index is -0.397. The summed E-state index contributed by atoms with van der Waals surface area (Å²) in [5.74, 6) is -0.793. The average Bonchev–Trinajstić information content (AvgIpc) is 2.82. The van der Waals surface area contributed by atoms with E-state index in [0.717, 1.165) is 51.4 Å². The molecule has 0 aliphatic carbocycles. The lowest BCUT2D eigenvalue weighted by molar-refractivity contribution is 0.0481. The third kappa shape index (κ3) is 13.5. The van der Waals surface area contributed by atoms with E-state index in [1.165, 1.54) is 38.5 Å². The zero-order valence-corrected chi connectivity index (χ0v) is 23.6. The maximum atomic E-state index is 12.5. The van der Waals surface area contributed by atoms with Crippen molar-refractivity contribution in [1.82, 2.24) is 0 Å². The molecule has 0 aliphatic rings. The predicted octanol–water partition coefficient (Wildman–Crippen LogP) is 9.36. The number of hydrogen-bond donors (Lipinski definition) is 0. The third-order valence-corrected chi connectivity index (χ3v) is 6.88. The number of halogens is 2. The first-order chi connectivity index (χ1) is 16.5. The largest absolute Gasteiger partial charge is 0.462 e. The average molecular weight is 600 g/mol. The fourth-order valence-electron chi connectivity index (χ4n) is 3.54. The van der Waals surface area contributed by atoms with Crippen LogP contribution in [0.5, 0.6) is 0 Å². The SMILES string of the molecule is C=CCCCCCCCCOC(=O)c1cc(Br)c(C(=O)OCCCCCCCCC=C)cc1Br. The van der Waals surface area contributed by atoms with Crippen LogP contribution in [0.3, 0.4) is 0 Å². The summed E-state index contributed by atoms with van der Waals surface area (Å²) in [6, 6.07) is 3.23. The van der Waals surface area contributed by atoms with Crippen LogP contribution in [-0.4, -0.2) is 25.2 Å². The number of esters is 2. The van der Waals surface area contributed by atoms with Crippen LogP contribution < -0.4 is 0 Å². The summed E-state index contributed by atoms with van der Waals surface area (Å²) in [4.78, 5) is 24.9. The number of carbonyl (C=O) groups excluding carboxylic acids is 2. The Bertz CT molecular complexity index is 697.